The number of aromatic nitrogens is 2. The topological polar surface area (TPSA) is 59.4 Å². The van der Waals surface area contributed by atoms with Crippen molar-refractivity contribution in [2.45, 2.75) is 6.54 Å². The van der Waals surface area contributed by atoms with E-state index < -0.39 is 0 Å². The highest BCUT2D eigenvalue weighted by molar-refractivity contribution is 5.36. The highest BCUT2D eigenvalue weighted by Crippen LogP contribution is 2.08. The van der Waals surface area contributed by atoms with Gasteiger partial charge in [-0.05, 0) is 12.1 Å². The summed E-state index contributed by atoms with van der Waals surface area (Å²) in [6, 6.07) is 9.61. The van der Waals surface area contributed by atoms with Crippen molar-refractivity contribution in [2.75, 3.05) is 37.7 Å². The van der Waals surface area contributed by atoms with Crippen molar-refractivity contribution in [1.29, 1.82) is 0 Å². The monoisotopic (exact) mass is 300 g/mol. The fraction of sp³-hybridized carbons (Fsp3) is 0.375. The molecule has 0 unspecified atom stereocenters. The maximum atomic E-state index is 12.5. The number of para-hydroxylation sites is 1. The van der Waals surface area contributed by atoms with Crippen LogP contribution in [0.4, 0.5) is 5.82 Å². The third-order valence-corrected chi connectivity index (χ3v) is 3.66. The molecule has 6 nitrogen and oxygen atoms in total. The van der Waals surface area contributed by atoms with Gasteiger partial charge in [-0.2, -0.15) is 0 Å². The van der Waals surface area contributed by atoms with Crippen LogP contribution in [-0.2, 0) is 6.54 Å². The number of piperazine rings is 1. The molecule has 1 aliphatic heterocycles. The molecule has 1 fully saturated rings. The summed E-state index contributed by atoms with van der Waals surface area (Å²) in [5.74, 6) is 1.34. The van der Waals surface area contributed by atoms with Crippen LogP contribution in [0.2, 0.25) is 0 Å². The zero-order chi connectivity index (χ0) is 15.2. The van der Waals surface area contributed by atoms with Gasteiger partial charge in [0.1, 0.15) is 12.4 Å². The molecule has 1 N–H and O–H groups in total. The van der Waals surface area contributed by atoms with E-state index in [-0.39, 0.29) is 5.56 Å². The first-order chi connectivity index (χ1) is 10.8. The SMILES string of the molecule is O=c1c(N2CCNCC2)nccn1CCOc1ccccc1. The van der Waals surface area contributed by atoms with Gasteiger partial charge in [-0.3, -0.25) is 4.79 Å². The molecule has 1 saturated heterocycles. The predicted octanol–water partition coefficient (Wildman–Crippen LogP) is 0.732. The quantitative estimate of drug-likeness (QED) is 0.882. The molecule has 0 radical (unpaired) electrons. The molecule has 6 heteroatoms. The van der Waals surface area contributed by atoms with Crippen LogP contribution in [0.5, 0.6) is 5.75 Å². The number of benzene rings is 1. The van der Waals surface area contributed by atoms with E-state index in [0.29, 0.717) is 19.0 Å². The number of nitrogens with zero attached hydrogens (tertiary/aromatic N) is 3. The molecular formula is C16H20N4O2. The minimum absolute atomic E-state index is 0.0546. The Morgan fingerprint density at radius 2 is 1.95 bits per heavy atom. The van der Waals surface area contributed by atoms with E-state index in [4.69, 9.17) is 4.74 Å². The minimum atomic E-state index is -0.0546. The Labute approximate surface area is 129 Å². The van der Waals surface area contributed by atoms with Crippen LogP contribution in [0.25, 0.3) is 0 Å². The second-order valence-electron chi connectivity index (χ2n) is 5.15. The first kappa shape index (κ1) is 14.6. The lowest BCUT2D eigenvalue weighted by Gasteiger charge is -2.27. The molecule has 2 aromatic rings. The van der Waals surface area contributed by atoms with E-state index >= 15 is 0 Å². The van der Waals surface area contributed by atoms with Crippen LogP contribution >= 0.6 is 0 Å². The molecule has 1 aromatic heterocycles. The molecule has 3 rings (SSSR count). The summed E-state index contributed by atoms with van der Waals surface area (Å²) in [4.78, 5) is 18.8. The molecule has 0 bridgehead atoms. The van der Waals surface area contributed by atoms with Gasteiger partial charge in [0.15, 0.2) is 5.82 Å². The molecule has 0 atom stereocenters. The van der Waals surface area contributed by atoms with Crippen LogP contribution in [0, 0.1) is 0 Å². The lowest BCUT2D eigenvalue weighted by molar-refractivity contribution is 0.296. The lowest BCUT2D eigenvalue weighted by Crippen LogP contribution is -2.46. The third-order valence-electron chi connectivity index (χ3n) is 3.66. The smallest absolute Gasteiger partial charge is 0.293 e. The number of rotatable bonds is 5. The van der Waals surface area contributed by atoms with E-state index in [1.165, 1.54) is 0 Å². The van der Waals surface area contributed by atoms with Gasteiger partial charge in [0.25, 0.3) is 5.56 Å². The molecule has 1 aliphatic rings. The molecule has 0 aliphatic carbocycles. The van der Waals surface area contributed by atoms with E-state index in [9.17, 15) is 4.79 Å². The number of nitrogens with one attached hydrogen (secondary N) is 1. The average Bonchev–Trinajstić information content (AvgIpc) is 2.58. The number of hydrogen-bond donors (Lipinski definition) is 1. The van der Waals surface area contributed by atoms with Crippen LogP contribution in [-0.4, -0.2) is 42.3 Å². The summed E-state index contributed by atoms with van der Waals surface area (Å²) < 4.78 is 7.31. The van der Waals surface area contributed by atoms with Crippen LogP contribution < -0.4 is 20.5 Å². The van der Waals surface area contributed by atoms with E-state index in [1.807, 2.05) is 35.2 Å². The molecule has 0 saturated carbocycles. The summed E-state index contributed by atoms with van der Waals surface area (Å²) in [6.45, 7) is 4.35. The highest BCUT2D eigenvalue weighted by atomic mass is 16.5. The summed E-state index contributed by atoms with van der Waals surface area (Å²) in [5, 5.41) is 3.27. The van der Waals surface area contributed by atoms with Gasteiger partial charge >= 0.3 is 0 Å². The normalized spacial score (nSPS) is 14.8. The summed E-state index contributed by atoms with van der Waals surface area (Å²) >= 11 is 0. The predicted molar refractivity (Wildman–Crippen MR) is 85.5 cm³/mol. The highest BCUT2D eigenvalue weighted by Gasteiger charge is 2.15. The van der Waals surface area contributed by atoms with Crippen molar-refractivity contribution in [3.05, 3.63) is 53.1 Å². The van der Waals surface area contributed by atoms with Gasteiger partial charge in [0, 0.05) is 38.6 Å². The van der Waals surface area contributed by atoms with Crippen LogP contribution in [0.15, 0.2) is 47.5 Å². The Hall–Kier alpha value is -2.34. The molecule has 116 valence electrons. The minimum Gasteiger partial charge on any atom is -0.492 e. The van der Waals surface area contributed by atoms with Crippen molar-refractivity contribution >= 4 is 5.82 Å². The lowest BCUT2D eigenvalue weighted by atomic mass is 10.3. The van der Waals surface area contributed by atoms with Gasteiger partial charge in [-0.15, -0.1) is 0 Å². The van der Waals surface area contributed by atoms with E-state index in [0.717, 1.165) is 31.9 Å². The largest absolute Gasteiger partial charge is 0.492 e. The zero-order valence-corrected chi connectivity index (χ0v) is 12.4. The Kier molecular flexibility index (Phi) is 4.70. The van der Waals surface area contributed by atoms with Gasteiger partial charge < -0.3 is 19.5 Å². The molecule has 1 aromatic carbocycles. The van der Waals surface area contributed by atoms with Crippen LogP contribution in [0.3, 0.4) is 0 Å². The Morgan fingerprint density at radius 3 is 2.73 bits per heavy atom. The fourth-order valence-corrected chi connectivity index (χ4v) is 2.48. The van der Waals surface area contributed by atoms with Gasteiger partial charge in [0.2, 0.25) is 0 Å². The maximum Gasteiger partial charge on any atom is 0.293 e. The molecule has 0 amide bonds. The fourth-order valence-electron chi connectivity index (χ4n) is 2.48. The van der Waals surface area contributed by atoms with Gasteiger partial charge in [-0.1, -0.05) is 18.2 Å². The van der Waals surface area contributed by atoms with Crippen molar-refractivity contribution in [1.82, 2.24) is 14.9 Å². The zero-order valence-electron chi connectivity index (χ0n) is 12.4. The molecule has 0 spiro atoms. The molecule has 22 heavy (non-hydrogen) atoms. The summed E-state index contributed by atoms with van der Waals surface area (Å²) in [6.07, 6.45) is 3.39. The van der Waals surface area contributed by atoms with Crippen molar-refractivity contribution in [2.24, 2.45) is 0 Å². The first-order valence-electron chi connectivity index (χ1n) is 7.53. The summed E-state index contributed by atoms with van der Waals surface area (Å²) in [5.41, 5.74) is -0.0546. The number of ether oxygens (including phenoxy) is 1. The van der Waals surface area contributed by atoms with Crippen molar-refractivity contribution in [3.8, 4) is 5.75 Å². The van der Waals surface area contributed by atoms with Gasteiger partial charge in [0.05, 0.1) is 6.54 Å². The third kappa shape index (κ3) is 3.46. The molecular weight excluding hydrogens is 280 g/mol. The number of anilines is 1. The Morgan fingerprint density at radius 1 is 1.18 bits per heavy atom. The summed E-state index contributed by atoms with van der Waals surface area (Å²) in [7, 11) is 0. The van der Waals surface area contributed by atoms with Crippen molar-refractivity contribution in [3.63, 3.8) is 0 Å². The second-order valence-corrected chi connectivity index (χ2v) is 5.15. The Balaban J connectivity index is 1.65. The van der Waals surface area contributed by atoms with Crippen molar-refractivity contribution < 1.29 is 4.74 Å². The van der Waals surface area contributed by atoms with E-state index in [2.05, 4.69) is 10.3 Å². The van der Waals surface area contributed by atoms with Crippen LogP contribution in [0.1, 0.15) is 0 Å². The standard InChI is InChI=1S/C16H20N4O2/c21-16-15(19-9-6-17-7-10-19)18-8-11-20(16)12-13-22-14-4-2-1-3-5-14/h1-5,8,11,17H,6-7,9-10,12-13H2. The van der Waals surface area contributed by atoms with E-state index in [1.54, 1.807) is 17.0 Å². The van der Waals surface area contributed by atoms with Gasteiger partial charge in [-0.25, -0.2) is 4.98 Å². The Bertz CT molecular complexity index is 651. The number of hydrogen-bond acceptors (Lipinski definition) is 5. The first-order valence-corrected chi connectivity index (χ1v) is 7.53. The average molecular weight is 300 g/mol. The maximum absolute atomic E-state index is 12.5. The molecule has 2 heterocycles. The second kappa shape index (κ2) is 7.09.